The van der Waals surface area contributed by atoms with Crippen LogP contribution in [0, 0.1) is 0 Å². The van der Waals surface area contributed by atoms with Crippen LogP contribution in [0.15, 0.2) is 47.5 Å². The van der Waals surface area contributed by atoms with Gasteiger partial charge in [0.15, 0.2) is 0 Å². The van der Waals surface area contributed by atoms with Crippen molar-refractivity contribution in [2.24, 2.45) is 0 Å². The second kappa shape index (κ2) is 7.13. The number of likely N-dealkylation sites (tertiary alicyclic amines) is 1. The summed E-state index contributed by atoms with van der Waals surface area (Å²) in [5, 5.41) is 4.63. The van der Waals surface area contributed by atoms with Gasteiger partial charge in [0.2, 0.25) is 0 Å². The standard InChI is InChI=1S/C21H22N4O2S/c26-20-11-16-14-28-9-6-19(16)22-25(20)13-18-5-3-8-24(18)21(27)15-10-17-4-1-2-7-23(17)12-15/h1-2,4,7,10-12,18H,3,5-6,8-9,13-14H2. The third-order valence-electron chi connectivity index (χ3n) is 5.68. The Morgan fingerprint density at radius 3 is 3.11 bits per heavy atom. The molecule has 0 N–H and O–H groups in total. The molecule has 0 bridgehead atoms. The van der Waals surface area contributed by atoms with Crippen molar-refractivity contribution in [2.45, 2.75) is 37.6 Å². The highest BCUT2D eigenvalue weighted by molar-refractivity contribution is 7.98. The second-order valence-corrected chi connectivity index (χ2v) is 8.60. The minimum Gasteiger partial charge on any atom is -0.334 e. The SMILES string of the molecule is O=C(c1cc2ccccn2c1)N1CCCC1Cn1nc2c(cc1=O)CSCC2. The number of aromatic nitrogens is 3. The molecule has 3 aromatic rings. The number of amides is 1. The van der Waals surface area contributed by atoms with Crippen LogP contribution in [0.4, 0.5) is 0 Å². The van der Waals surface area contributed by atoms with Crippen molar-refractivity contribution in [3.8, 4) is 0 Å². The first-order chi connectivity index (χ1) is 13.7. The van der Waals surface area contributed by atoms with Crippen LogP contribution in [-0.2, 0) is 18.7 Å². The molecule has 5 heterocycles. The number of nitrogens with zero attached hydrogens (tertiary/aromatic N) is 4. The predicted octanol–water partition coefficient (Wildman–Crippen LogP) is 2.59. The van der Waals surface area contributed by atoms with E-state index in [0.29, 0.717) is 12.1 Å². The Bertz CT molecular complexity index is 1070. The lowest BCUT2D eigenvalue weighted by Crippen LogP contribution is -2.41. The van der Waals surface area contributed by atoms with Gasteiger partial charge < -0.3 is 9.30 Å². The lowest BCUT2D eigenvalue weighted by molar-refractivity contribution is 0.0720. The van der Waals surface area contributed by atoms with Gasteiger partial charge in [-0.2, -0.15) is 16.9 Å². The van der Waals surface area contributed by atoms with Gasteiger partial charge in [-0.3, -0.25) is 9.59 Å². The van der Waals surface area contributed by atoms with Crippen LogP contribution in [-0.4, -0.2) is 43.3 Å². The van der Waals surface area contributed by atoms with Crippen molar-refractivity contribution >= 4 is 23.2 Å². The lowest BCUT2D eigenvalue weighted by Gasteiger charge is -2.25. The largest absolute Gasteiger partial charge is 0.334 e. The van der Waals surface area contributed by atoms with Crippen LogP contribution >= 0.6 is 11.8 Å². The number of rotatable bonds is 3. The lowest BCUT2D eigenvalue weighted by atomic mass is 10.2. The Balaban J connectivity index is 1.39. The van der Waals surface area contributed by atoms with Crippen molar-refractivity contribution in [1.29, 1.82) is 0 Å². The van der Waals surface area contributed by atoms with Gasteiger partial charge >= 0.3 is 0 Å². The highest BCUT2D eigenvalue weighted by atomic mass is 32.2. The van der Waals surface area contributed by atoms with E-state index < -0.39 is 0 Å². The summed E-state index contributed by atoms with van der Waals surface area (Å²) in [6.07, 6.45) is 6.60. The molecule has 7 heteroatoms. The van der Waals surface area contributed by atoms with Crippen LogP contribution in [0.2, 0.25) is 0 Å². The number of carbonyl (C=O) groups excluding carboxylic acids is 1. The minimum absolute atomic E-state index is 0.0109. The summed E-state index contributed by atoms with van der Waals surface area (Å²) in [5.74, 6) is 1.96. The molecule has 28 heavy (non-hydrogen) atoms. The van der Waals surface area contributed by atoms with Crippen molar-refractivity contribution in [2.75, 3.05) is 12.3 Å². The van der Waals surface area contributed by atoms with E-state index in [4.69, 9.17) is 0 Å². The van der Waals surface area contributed by atoms with Crippen LogP contribution in [0.5, 0.6) is 0 Å². The molecule has 2 aliphatic rings. The number of carbonyl (C=O) groups is 1. The van der Waals surface area contributed by atoms with E-state index in [1.165, 1.54) is 0 Å². The fourth-order valence-electron chi connectivity index (χ4n) is 4.21. The Labute approximate surface area is 167 Å². The Kier molecular flexibility index (Phi) is 4.47. The molecule has 144 valence electrons. The third kappa shape index (κ3) is 3.13. The van der Waals surface area contributed by atoms with E-state index in [1.807, 2.05) is 57.7 Å². The second-order valence-electron chi connectivity index (χ2n) is 7.50. The van der Waals surface area contributed by atoms with Gasteiger partial charge in [0.05, 0.1) is 23.8 Å². The smallest absolute Gasteiger partial charge is 0.267 e. The Morgan fingerprint density at radius 1 is 1.29 bits per heavy atom. The molecule has 1 amide bonds. The highest BCUT2D eigenvalue weighted by Crippen LogP contribution is 2.24. The number of pyridine rings is 1. The summed E-state index contributed by atoms with van der Waals surface area (Å²) in [4.78, 5) is 27.6. The van der Waals surface area contributed by atoms with E-state index >= 15 is 0 Å². The normalized spacial score (nSPS) is 19.1. The molecule has 1 atom stereocenters. The maximum Gasteiger partial charge on any atom is 0.267 e. The summed E-state index contributed by atoms with van der Waals surface area (Å²) in [5.41, 5.74) is 3.74. The molecule has 2 aliphatic heterocycles. The monoisotopic (exact) mass is 394 g/mol. The van der Waals surface area contributed by atoms with Crippen molar-refractivity contribution in [1.82, 2.24) is 19.1 Å². The van der Waals surface area contributed by atoms with Gasteiger partial charge in [0.1, 0.15) is 0 Å². The molecule has 6 nitrogen and oxygen atoms in total. The van der Waals surface area contributed by atoms with Gasteiger partial charge in [-0.25, -0.2) is 4.68 Å². The molecule has 1 fully saturated rings. The first-order valence-electron chi connectivity index (χ1n) is 9.74. The van der Waals surface area contributed by atoms with Crippen molar-refractivity contribution in [3.63, 3.8) is 0 Å². The summed E-state index contributed by atoms with van der Waals surface area (Å²) < 4.78 is 3.53. The average molecular weight is 395 g/mol. The number of aryl methyl sites for hydroxylation is 1. The van der Waals surface area contributed by atoms with Gasteiger partial charge in [0, 0.05) is 42.7 Å². The average Bonchev–Trinajstić information content (AvgIpc) is 3.34. The van der Waals surface area contributed by atoms with Gasteiger partial charge in [0.25, 0.3) is 11.5 Å². The fraction of sp³-hybridized carbons (Fsp3) is 0.381. The van der Waals surface area contributed by atoms with Crippen LogP contribution < -0.4 is 5.56 Å². The first kappa shape index (κ1) is 17.6. The maximum atomic E-state index is 13.1. The van der Waals surface area contributed by atoms with Crippen LogP contribution in [0.3, 0.4) is 0 Å². The van der Waals surface area contributed by atoms with E-state index in [0.717, 1.165) is 54.1 Å². The van der Waals surface area contributed by atoms with Crippen LogP contribution in [0.25, 0.3) is 5.52 Å². The number of thioether (sulfide) groups is 1. The highest BCUT2D eigenvalue weighted by Gasteiger charge is 2.31. The fourth-order valence-corrected chi connectivity index (χ4v) is 5.17. The van der Waals surface area contributed by atoms with Crippen molar-refractivity contribution in [3.05, 3.63) is 69.9 Å². The molecule has 5 rings (SSSR count). The van der Waals surface area contributed by atoms with E-state index in [2.05, 4.69) is 5.10 Å². The molecular formula is C21H22N4O2S. The van der Waals surface area contributed by atoms with Crippen molar-refractivity contribution < 1.29 is 4.79 Å². The summed E-state index contributed by atoms with van der Waals surface area (Å²) in [7, 11) is 0. The molecule has 1 unspecified atom stereocenters. The van der Waals surface area contributed by atoms with E-state index in [1.54, 1.807) is 10.7 Å². The minimum atomic E-state index is -0.0600. The predicted molar refractivity (Wildman–Crippen MR) is 110 cm³/mol. The molecule has 1 saturated heterocycles. The molecule has 0 aromatic carbocycles. The molecule has 0 radical (unpaired) electrons. The number of hydrogen-bond donors (Lipinski definition) is 0. The molecule has 0 spiro atoms. The van der Waals surface area contributed by atoms with Gasteiger partial charge in [-0.15, -0.1) is 0 Å². The zero-order valence-electron chi connectivity index (χ0n) is 15.6. The topological polar surface area (TPSA) is 59.6 Å². The quantitative estimate of drug-likeness (QED) is 0.685. The Morgan fingerprint density at radius 2 is 2.21 bits per heavy atom. The number of fused-ring (bicyclic) bond motifs is 2. The summed E-state index contributed by atoms with van der Waals surface area (Å²) in [6, 6.07) is 9.58. The zero-order valence-corrected chi connectivity index (χ0v) is 16.4. The number of hydrogen-bond acceptors (Lipinski definition) is 4. The van der Waals surface area contributed by atoms with Gasteiger partial charge in [-0.1, -0.05) is 6.07 Å². The molecular weight excluding hydrogens is 372 g/mol. The maximum absolute atomic E-state index is 13.1. The summed E-state index contributed by atoms with van der Waals surface area (Å²) in [6.45, 7) is 1.20. The first-order valence-corrected chi connectivity index (χ1v) is 10.9. The molecule has 0 aliphatic carbocycles. The zero-order chi connectivity index (χ0) is 19.1. The summed E-state index contributed by atoms with van der Waals surface area (Å²) >= 11 is 1.85. The van der Waals surface area contributed by atoms with Gasteiger partial charge in [-0.05, 0) is 42.4 Å². The van der Waals surface area contributed by atoms with E-state index in [9.17, 15) is 9.59 Å². The molecule has 3 aromatic heterocycles. The Hall–Kier alpha value is -2.54. The third-order valence-corrected chi connectivity index (χ3v) is 6.69. The molecule has 0 saturated carbocycles. The van der Waals surface area contributed by atoms with E-state index in [-0.39, 0.29) is 17.5 Å². The van der Waals surface area contributed by atoms with Crippen LogP contribution in [0.1, 0.15) is 34.5 Å².